The molecule has 2 fully saturated rings. The van der Waals surface area contributed by atoms with Gasteiger partial charge < -0.3 is 25.0 Å². The molecule has 2 N–H and O–H groups in total. The van der Waals surface area contributed by atoms with Gasteiger partial charge in [-0.25, -0.2) is 9.48 Å². The van der Waals surface area contributed by atoms with Crippen LogP contribution in [-0.2, 0) is 40.5 Å². The quantitative estimate of drug-likeness (QED) is 0.703. The maximum atomic E-state index is 12.7. The molecule has 4 heterocycles. The van der Waals surface area contributed by atoms with Crippen LogP contribution in [0.2, 0.25) is 0 Å². The predicted octanol–water partition coefficient (Wildman–Crippen LogP) is 1.21. The van der Waals surface area contributed by atoms with Crippen LogP contribution in [0.25, 0.3) is 0 Å². The van der Waals surface area contributed by atoms with E-state index in [-0.39, 0.29) is 17.9 Å². The molecule has 33 heavy (non-hydrogen) atoms. The fourth-order valence-electron chi connectivity index (χ4n) is 4.76. The highest BCUT2D eigenvalue weighted by Gasteiger charge is 2.44. The number of ether oxygens (including phenoxy) is 2. The fourth-order valence-corrected chi connectivity index (χ4v) is 4.76. The van der Waals surface area contributed by atoms with Crippen LogP contribution in [0.3, 0.4) is 0 Å². The molecular weight excluding hydrogens is 424 g/mol. The molecule has 10 nitrogen and oxygen atoms in total. The summed E-state index contributed by atoms with van der Waals surface area (Å²) in [4.78, 5) is 26.9. The number of urea groups is 1. The smallest absolute Gasteiger partial charge is 0.317 e. The highest BCUT2D eigenvalue weighted by molar-refractivity contribution is 5.78. The Morgan fingerprint density at radius 2 is 1.91 bits per heavy atom. The van der Waals surface area contributed by atoms with E-state index in [2.05, 4.69) is 20.9 Å². The van der Waals surface area contributed by atoms with Crippen molar-refractivity contribution < 1.29 is 19.1 Å². The van der Waals surface area contributed by atoms with Crippen molar-refractivity contribution in [1.29, 1.82) is 0 Å². The van der Waals surface area contributed by atoms with Crippen LogP contribution in [0.15, 0.2) is 30.3 Å². The van der Waals surface area contributed by atoms with E-state index in [0.29, 0.717) is 52.5 Å². The minimum atomic E-state index is -0.451. The Balaban J connectivity index is 1.14. The molecule has 3 aliphatic heterocycles. The third-order valence-corrected chi connectivity index (χ3v) is 6.78. The number of fused-ring (bicyclic) bond motifs is 1. The normalized spacial score (nSPS) is 22.8. The molecule has 3 amide bonds. The van der Waals surface area contributed by atoms with Crippen molar-refractivity contribution in [2.24, 2.45) is 5.92 Å². The third kappa shape index (κ3) is 4.86. The van der Waals surface area contributed by atoms with E-state index < -0.39 is 5.60 Å². The molecule has 2 saturated heterocycles. The van der Waals surface area contributed by atoms with Crippen molar-refractivity contribution in [3.63, 3.8) is 0 Å². The molecule has 0 saturated carbocycles. The van der Waals surface area contributed by atoms with Crippen LogP contribution >= 0.6 is 0 Å². The lowest BCUT2D eigenvalue weighted by Crippen LogP contribution is -2.47. The number of likely N-dealkylation sites (tertiary alicyclic amines) is 1. The fraction of sp³-hybridized carbons (Fsp3) is 0.565. The number of benzene rings is 1. The molecular formula is C23H30N6O4. The molecule has 1 atom stereocenters. The molecule has 5 rings (SSSR count). The minimum Gasteiger partial charge on any atom is -0.381 e. The first kappa shape index (κ1) is 21.8. The zero-order chi connectivity index (χ0) is 22.7. The van der Waals surface area contributed by atoms with Crippen molar-refractivity contribution in [3.05, 3.63) is 47.3 Å². The number of rotatable bonds is 5. The average molecular weight is 455 g/mol. The summed E-state index contributed by atoms with van der Waals surface area (Å²) in [5.74, 6) is 0.0448. The first-order valence-corrected chi connectivity index (χ1v) is 11.6. The Hall–Kier alpha value is -2.98. The summed E-state index contributed by atoms with van der Waals surface area (Å²) in [5.41, 5.74) is 2.24. The van der Waals surface area contributed by atoms with E-state index in [1.807, 2.05) is 35.0 Å². The van der Waals surface area contributed by atoms with Gasteiger partial charge in [-0.15, -0.1) is 5.10 Å². The third-order valence-electron chi connectivity index (χ3n) is 6.78. The molecule has 1 aromatic heterocycles. The molecule has 0 aliphatic carbocycles. The van der Waals surface area contributed by atoms with Gasteiger partial charge in [0.15, 0.2) is 0 Å². The van der Waals surface area contributed by atoms with Crippen LogP contribution in [0.1, 0.15) is 36.2 Å². The standard InChI is InChI=1S/C23H30N6O4/c30-21(18-6-10-32-11-7-18)24-13-19-20-14-33-23(16-29(20)27-26-19)8-9-28(15-23)22(31)25-12-17-4-2-1-3-5-17/h1-5,18H,6-16H2,(H,24,30)(H,25,31). The van der Waals surface area contributed by atoms with Crippen molar-refractivity contribution in [2.45, 2.75) is 51.1 Å². The second-order valence-corrected chi connectivity index (χ2v) is 9.03. The first-order valence-electron chi connectivity index (χ1n) is 11.6. The molecule has 0 bridgehead atoms. The highest BCUT2D eigenvalue weighted by atomic mass is 16.5. The van der Waals surface area contributed by atoms with Gasteiger partial charge in [0.1, 0.15) is 11.3 Å². The minimum absolute atomic E-state index is 0.00202. The molecule has 10 heteroatoms. The molecule has 176 valence electrons. The van der Waals surface area contributed by atoms with Gasteiger partial charge >= 0.3 is 6.03 Å². The zero-order valence-corrected chi connectivity index (χ0v) is 18.7. The maximum Gasteiger partial charge on any atom is 0.317 e. The summed E-state index contributed by atoms with van der Waals surface area (Å²) in [6.07, 6.45) is 2.26. The van der Waals surface area contributed by atoms with Crippen LogP contribution in [0, 0.1) is 5.92 Å². The van der Waals surface area contributed by atoms with E-state index in [4.69, 9.17) is 9.47 Å². The molecule has 1 unspecified atom stereocenters. The van der Waals surface area contributed by atoms with Crippen molar-refractivity contribution in [1.82, 2.24) is 30.5 Å². The Kier molecular flexibility index (Phi) is 6.28. The topological polar surface area (TPSA) is 111 Å². The van der Waals surface area contributed by atoms with Gasteiger partial charge in [0, 0.05) is 32.2 Å². The van der Waals surface area contributed by atoms with Gasteiger partial charge in [0.2, 0.25) is 5.91 Å². The summed E-state index contributed by atoms with van der Waals surface area (Å²) in [6.45, 7) is 4.19. The predicted molar refractivity (Wildman–Crippen MR) is 118 cm³/mol. The van der Waals surface area contributed by atoms with Crippen molar-refractivity contribution >= 4 is 11.9 Å². The Morgan fingerprint density at radius 3 is 2.73 bits per heavy atom. The lowest BCUT2D eigenvalue weighted by molar-refractivity contribution is -0.128. The number of carbonyl (C=O) groups is 2. The van der Waals surface area contributed by atoms with Gasteiger partial charge in [-0.05, 0) is 24.8 Å². The molecule has 0 radical (unpaired) electrons. The van der Waals surface area contributed by atoms with E-state index in [1.165, 1.54) is 0 Å². The summed E-state index contributed by atoms with van der Waals surface area (Å²) >= 11 is 0. The van der Waals surface area contributed by atoms with Gasteiger partial charge in [-0.3, -0.25) is 4.79 Å². The van der Waals surface area contributed by atoms with Gasteiger partial charge in [0.05, 0.1) is 31.9 Å². The van der Waals surface area contributed by atoms with Crippen molar-refractivity contribution in [3.8, 4) is 0 Å². The zero-order valence-electron chi connectivity index (χ0n) is 18.7. The van der Waals surface area contributed by atoms with Crippen LogP contribution in [0.4, 0.5) is 4.79 Å². The number of nitrogens with one attached hydrogen (secondary N) is 2. The highest BCUT2D eigenvalue weighted by Crippen LogP contribution is 2.32. The Labute approximate surface area is 192 Å². The van der Waals surface area contributed by atoms with E-state index >= 15 is 0 Å². The summed E-state index contributed by atoms with van der Waals surface area (Å²) < 4.78 is 13.5. The summed E-state index contributed by atoms with van der Waals surface area (Å²) in [7, 11) is 0. The number of amides is 3. The van der Waals surface area contributed by atoms with E-state index in [9.17, 15) is 9.59 Å². The summed E-state index contributed by atoms with van der Waals surface area (Å²) in [6, 6.07) is 9.78. The molecule has 1 aromatic carbocycles. The molecule has 2 aromatic rings. The second kappa shape index (κ2) is 9.48. The largest absolute Gasteiger partial charge is 0.381 e. The Bertz CT molecular complexity index is 990. The number of hydrogen-bond acceptors (Lipinski definition) is 6. The maximum absolute atomic E-state index is 12.7. The number of aromatic nitrogens is 3. The average Bonchev–Trinajstić information content (AvgIpc) is 3.46. The van der Waals surface area contributed by atoms with E-state index in [0.717, 1.165) is 36.2 Å². The van der Waals surface area contributed by atoms with Gasteiger partial charge in [0.25, 0.3) is 0 Å². The number of carbonyl (C=O) groups excluding carboxylic acids is 2. The first-order chi connectivity index (χ1) is 16.1. The second-order valence-electron chi connectivity index (χ2n) is 9.03. The lowest BCUT2D eigenvalue weighted by Gasteiger charge is -2.34. The summed E-state index contributed by atoms with van der Waals surface area (Å²) in [5, 5.41) is 14.6. The Morgan fingerprint density at radius 1 is 1.09 bits per heavy atom. The van der Waals surface area contributed by atoms with Crippen LogP contribution in [-0.4, -0.2) is 63.7 Å². The van der Waals surface area contributed by atoms with Crippen LogP contribution < -0.4 is 10.6 Å². The van der Waals surface area contributed by atoms with Crippen LogP contribution in [0.5, 0.6) is 0 Å². The molecule has 3 aliphatic rings. The number of hydrogen-bond donors (Lipinski definition) is 2. The van der Waals surface area contributed by atoms with Gasteiger partial charge in [-0.1, -0.05) is 35.5 Å². The monoisotopic (exact) mass is 454 g/mol. The van der Waals surface area contributed by atoms with Gasteiger partial charge in [-0.2, -0.15) is 0 Å². The number of nitrogens with zero attached hydrogens (tertiary/aromatic N) is 4. The van der Waals surface area contributed by atoms with Crippen molar-refractivity contribution in [2.75, 3.05) is 26.3 Å². The molecule has 1 spiro atoms. The lowest BCUT2D eigenvalue weighted by atomic mass is 9.99. The SMILES string of the molecule is O=C(NCc1nnn2c1COC1(CCN(C(=O)NCc3ccccc3)C1)C2)C1CCOCC1. The van der Waals surface area contributed by atoms with E-state index in [1.54, 1.807) is 4.90 Å².